The van der Waals surface area contributed by atoms with E-state index < -0.39 is 6.10 Å². The molecule has 3 nitrogen and oxygen atoms in total. The van der Waals surface area contributed by atoms with Crippen molar-refractivity contribution in [3.05, 3.63) is 29.1 Å². The lowest BCUT2D eigenvalue weighted by atomic mass is 10.0. The third-order valence-electron chi connectivity index (χ3n) is 4.12. The van der Waals surface area contributed by atoms with Gasteiger partial charge in [0, 0.05) is 31.4 Å². The lowest BCUT2D eigenvalue weighted by molar-refractivity contribution is 0.199. The highest BCUT2D eigenvalue weighted by molar-refractivity contribution is 5.56. The van der Waals surface area contributed by atoms with Gasteiger partial charge in [0.25, 0.3) is 0 Å². The van der Waals surface area contributed by atoms with E-state index in [1.54, 1.807) is 13.8 Å². The summed E-state index contributed by atoms with van der Waals surface area (Å²) < 4.78 is 13.7. The van der Waals surface area contributed by atoms with Crippen molar-refractivity contribution in [1.29, 1.82) is 0 Å². The van der Waals surface area contributed by atoms with Crippen LogP contribution >= 0.6 is 0 Å². The molecule has 1 aromatic rings. The van der Waals surface area contributed by atoms with E-state index in [0.29, 0.717) is 11.1 Å². The van der Waals surface area contributed by atoms with Crippen molar-refractivity contribution in [3.63, 3.8) is 0 Å². The second-order valence-electron chi connectivity index (χ2n) is 5.81. The fourth-order valence-electron chi connectivity index (χ4n) is 2.76. The van der Waals surface area contributed by atoms with Crippen LogP contribution in [0.25, 0.3) is 0 Å². The van der Waals surface area contributed by atoms with Crippen molar-refractivity contribution in [2.45, 2.75) is 32.8 Å². The quantitative estimate of drug-likeness (QED) is 0.898. The zero-order chi connectivity index (χ0) is 14.7. The summed E-state index contributed by atoms with van der Waals surface area (Å²) in [4.78, 5) is 4.57. The number of rotatable bonds is 5. The second-order valence-corrected chi connectivity index (χ2v) is 5.81. The monoisotopic (exact) mass is 280 g/mol. The Morgan fingerprint density at radius 2 is 2.00 bits per heavy atom. The van der Waals surface area contributed by atoms with E-state index in [1.807, 2.05) is 13.1 Å². The standard InChI is InChI=1S/C16H25FN2O/c1-12-10-16(14(13(2)20)11-15(12)17)18(3)8-9-19-6-4-5-7-19/h10-11,13,20H,4-9H2,1-3H3/t13-/m1/s1. The molecule has 112 valence electrons. The maximum absolute atomic E-state index is 13.7. The van der Waals surface area contributed by atoms with Crippen molar-refractivity contribution in [2.24, 2.45) is 0 Å². The molecule has 0 aliphatic carbocycles. The molecular weight excluding hydrogens is 255 g/mol. The minimum Gasteiger partial charge on any atom is -0.389 e. The van der Waals surface area contributed by atoms with Gasteiger partial charge in [-0.05, 0) is 57.5 Å². The predicted octanol–water partition coefficient (Wildman–Crippen LogP) is 2.72. The molecule has 2 rings (SSSR count). The molecule has 1 atom stereocenters. The van der Waals surface area contributed by atoms with E-state index in [9.17, 15) is 9.50 Å². The molecule has 0 amide bonds. The van der Waals surface area contributed by atoms with Gasteiger partial charge >= 0.3 is 0 Å². The van der Waals surface area contributed by atoms with Crippen LogP contribution in [0.5, 0.6) is 0 Å². The van der Waals surface area contributed by atoms with Crippen LogP contribution in [0.15, 0.2) is 12.1 Å². The van der Waals surface area contributed by atoms with Crippen LogP contribution in [0.3, 0.4) is 0 Å². The number of likely N-dealkylation sites (tertiary alicyclic amines) is 1. The molecule has 0 saturated carbocycles. The Bertz CT molecular complexity index is 456. The third kappa shape index (κ3) is 3.49. The summed E-state index contributed by atoms with van der Waals surface area (Å²) in [6, 6.07) is 3.29. The normalized spacial score (nSPS) is 17.4. The number of aliphatic hydroxyl groups excluding tert-OH is 1. The summed E-state index contributed by atoms with van der Waals surface area (Å²) in [5.41, 5.74) is 2.22. The summed E-state index contributed by atoms with van der Waals surface area (Å²) in [7, 11) is 2.01. The molecule has 1 N–H and O–H groups in total. The predicted molar refractivity (Wildman–Crippen MR) is 80.7 cm³/mol. The van der Waals surface area contributed by atoms with Crippen molar-refractivity contribution in [2.75, 3.05) is 38.1 Å². The number of hydrogen-bond donors (Lipinski definition) is 1. The SMILES string of the molecule is Cc1cc(N(C)CCN2CCCC2)c([C@@H](C)O)cc1F. The number of aliphatic hydroxyl groups is 1. The average molecular weight is 280 g/mol. The van der Waals surface area contributed by atoms with Gasteiger partial charge in [-0.1, -0.05) is 0 Å². The van der Waals surface area contributed by atoms with Crippen LogP contribution in [0.4, 0.5) is 10.1 Å². The van der Waals surface area contributed by atoms with E-state index in [0.717, 1.165) is 18.8 Å². The largest absolute Gasteiger partial charge is 0.389 e. The van der Waals surface area contributed by atoms with Crippen LogP contribution in [0, 0.1) is 12.7 Å². The fraction of sp³-hybridized carbons (Fsp3) is 0.625. The summed E-state index contributed by atoms with van der Waals surface area (Å²) >= 11 is 0. The summed E-state index contributed by atoms with van der Waals surface area (Å²) in [6.45, 7) is 7.72. The minimum absolute atomic E-state index is 0.252. The Morgan fingerprint density at radius 1 is 1.35 bits per heavy atom. The highest BCUT2D eigenvalue weighted by Crippen LogP contribution is 2.28. The smallest absolute Gasteiger partial charge is 0.126 e. The van der Waals surface area contributed by atoms with Crippen LogP contribution < -0.4 is 4.90 Å². The molecule has 20 heavy (non-hydrogen) atoms. The second kappa shape index (κ2) is 6.55. The summed E-state index contributed by atoms with van der Waals surface area (Å²) in [5, 5.41) is 9.84. The van der Waals surface area contributed by atoms with Crippen molar-refractivity contribution >= 4 is 5.69 Å². The number of halogens is 1. The van der Waals surface area contributed by atoms with E-state index in [4.69, 9.17) is 0 Å². The first-order valence-corrected chi connectivity index (χ1v) is 7.40. The first kappa shape index (κ1) is 15.3. The highest BCUT2D eigenvalue weighted by atomic mass is 19.1. The van der Waals surface area contributed by atoms with Crippen molar-refractivity contribution in [3.8, 4) is 0 Å². The topological polar surface area (TPSA) is 26.7 Å². The molecule has 1 heterocycles. The lowest BCUT2D eigenvalue weighted by Crippen LogP contribution is -2.32. The van der Waals surface area contributed by atoms with Crippen LogP contribution in [-0.4, -0.2) is 43.2 Å². The first-order valence-electron chi connectivity index (χ1n) is 7.40. The van der Waals surface area contributed by atoms with Gasteiger partial charge in [0.2, 0.25) is 0 Å². The van der Waals surface area contributed by atoms with Crippen LogP contribution in [-0.2, 0) is 0 Å². The maximum Gasteiger partial charge on any atom is 0.126 e. The molecule has 1 saturated heterocycles. The molecule has 0 radical (unpaired) electrons. The van der Waals surface area contributed by atoms with Gasteiger partial charge in [0.1, 0.15) is 5.82 Å². The average Bonchev–Trinajstić information content (AvgIpc) is 2.91. The Hall–Kier alpha value is -1.13. The fourth-order valence-corrected chi connectivity index (χ4v) is 2.76. The molecule has 1 aromatic carbocycles. The zero-order valence-electron chi connectivity index (χ0n) is 12.7. The van der Waals surface area contributed by atoms with Gasteiger partial charge in [0.15, 0.2) is 0 Å². The van der Waals surface area contributed by atoms with Crippen LogP contribution in [0.1, 0.15) is 37.0 Å². The lowest BCUT2D eigenvalue weighted by Gasteiger charge is -2.26. The molecule has 0 unspecified atom stereocenters. The van der Waals surface area contributed by atoms with E-state index >= 15 is 0 Å². The van der Waals surface area contributed by atoms with Gasteiger partial charge < -0.3 is 14.9 Å². The van der Waals surface area contributed by atoms with Gasteiger partial charge in [-0.3, -0.25) is 0 Å². The molecule has 0 aromatic heterocycles. The number of hydrogen-bond acceptors (Lipinski definition) is 3. The summed E-state index contributed by atoms with van der Waals surface area (Å²) in [6.07, 6.45) is 1.92. The summed E-state index contributed by atoms with van der Waals surface area (Å²) in [5.74, 6) is -0.252. The Kier molecular flexibility index (Phi) is 5.00. The number of aryl methyl sites for hydroxylation is 1. The molecule has 0 spiro atoms. The number of likely N-dealkylation sites (N-methyl/N-ethyl adjacent to an activating group) is 1. The van der Waals surface area contributed by atoms with Gasteiger partial charge in [-0.2, -0.15) is 0 Å². The Morgan fingerprint density at radius 3 is 2.60 bits per heavy atom. The molecule has 4 heteroatoms. The maximum atomic E-state index is 13.7. The van der Waals surface area contributed by atoms with E-state index in [-0.39, 0.29) is 5.82 Å². The Labute approximate surface area is 121 Å². The molecule has 1 aliphatic heterocycles. The van der Waals surface area contributed by atoms with E-state index in [1.165, 1.54) is 32.0 Å². The van der Waals surface area contributed by atoms with Gasteiger partial charge in [-0.25, -0.2) is 4.39 Å². The first-order chi connectivity index (χ1) is 9.49. The molecule has 1 fully saturated rings. The minimum atomic E-state index is -0.658. The van der Waals surface area contributed by atoms with Crippen LogP contribution in [0.2, 0.25) is 0 Å². The highest BCUT2D eigenvalue weighted by Gasteiger charge is 2.16. The number of nitrogens with zero attached hydrogens (tertiary/aromatic N) is 2. The number of benzene rings is 1. The Balaban J connectivity index is 2.10. The molecule has 1 aliphatic rings. The molecular formula is C16H25FN2O. The van der Waals surface area contributed by atoms with E-state index in [2.05, 4.69) is 9.80 Å². The van der Waals surface area contributed by atoms with Crippen molar-refractivity contribution < 1.29 is 9.50 Å². The van der Waals surface area contributed by atoms with Crippen molar-refractivity contribution in [1.82, 2.24) is 4.90 Å². The zero-order valence-corrected chi connectivity index (χ0v) is 12.7. The third-order valence-corrected chi connectivity index (χ3v) is 4.12. The van der Waals surface area contributed by atoms with Gasteiger partial charge in [-0.15, -0.1) is 0 Å². The van der Waals surface area contributed by atoms with Gasteiger partial charge in [0.05, 0.1) is 6.10 Å². The number of anilines is 1. The molecule has 0 bridgehead atoms.